The summed E-state index contributed by atoms with van der Waals surface area (Å²) in [5.41, 5.74) is 1.27. The van der Waals surface area contributed by atoms with Crippen molar-refractivity contribution in [2.75, 3.05) is 0 Å². The summed E-state index contributed by atoms with van der Waals surface area (Å²) in [7, 11) is 0. The van der Waals surface area contributed by atoms with Crippen molar-refractivity contribution in [3.05, 3.63) is 76.4 Å². The first kappa shape index (κ1) is 15.5. The lowest BCUT2D eigenvalue weighted by molar-refractivity contribution is -0.132. The van der Waals surface area contributed by atoms with Crippen molar-refractivity contribution >= 4 is 29.0 Å². The first-order valence-corrected chi connectivity index (χ1v) is 9.63. The fourth-order valence-electron chi connectivity index (χ4n) is 2.92. The van der Waals surface area contributed by atoms with E-state index in [1.807, 2.05) is 40.6 Å². The lowest BCUT2D eigenvalue weighted by Crippen LogP contribution is -2.36. The van der Waals surface area contributed by atoms with E-state index in [0.29, 0.717) is 13.1 Å². The van der Waals surface area contributed by atoms with Gasteiger partial charge < -0.3 is 9.32 Å². The lowest BCUT2D eigenvalue weighted by Gasteiger charge is -2.24. The Morgan fingerprint density at radius 3 is 2.79 bits per heavy atom. The third-order valence-electron chi connectivity index (χ3n) is 4.09. The minimum Gasteiger partial charge on any atom is -0.467 e. The van der Waals surface area contributed by atoms with Gasteiger partial charge in [-0.15, -0.1) is 23.1 Å². The highest BCUT2D eigenvalue weighted by Gasteiger charge is 2.31. The molecule has 0 N–H and O–H groups in total. The van der Waals surface area contributed by atoms with Crippen LogP contribution in [0.5, 0.6) is 0 Å². The first-order chi connectivity index (χ1) is 11.8. The maximum atomic E-state index is 13.1. The number of fused-ring (bicyclic) bond motifs is 1. The summed E-state index contributed by atoms with van der Waals surface area (Å²) in [6, 6.07) is 16.2. The van der Waals surface area contributed by atoms with Crippen molar-refractivity contribution in [1.29, 1.82) is 0 Å². The third kappa shape index (κ3) is 3.28. The molecule has 0 fully saturated rings. The molecule has 3 aromatic rings. The number of carbonyl (C=O) groups is 1. The molecule has 1 aliphatic heterocycles. The number of furan rings is 1. The molecule has 0 radical (unpaired) electrons. The van der Waals surface area contributed by atoms with Crippen molar-refractivity contribution in [3.63, 3.8) is 0 Å². The Balaban J connectivity index is 1.53. The molecule has 3 heterocycles. The number of rotatable bonds is 5. The van der Waals surface area contributed by atoms with Gasteiger partial charge in [-0.2, -0.15) is 0 Å². The zero-order valence-corrected chi connectivity index (χ0v) is 14.7. The molecule has 1 unspecified atom stereocenters. The van der Waals surface area contributed by atoms with Gasteiger partial charge in [-0.05, 0) is 41.6 Å². The standard InChI is InChI=1S/C19H17NO2S2/c21-19(18-11-14-5-1-2-8-17(14)24-18)20(12-15-6-3-9-22-15)13-16-7-4-10-23-16/h1-10,18H,11-13H2. The van der Waals surface area contributed by atoms with Crippen LogP contribution in [0.3, 0.4) is 0 Å². The predicted molar refractivity (Wildman–Crippen MR) is 97.1 cm³/mol. The number of hydrogen-bond donors (Lipinski definition) is 0. The van der Waals surface area contributed by atoms with E-state index < -0.39 is 0 Å². The number of hydrogen-bond acceptors (Lipinski definition) is 4. The van der Waals surface area contributed by atoms with Crippen molar-refractivity contribution in [1.82, 2.24) is 4.90 Å². The fourth-order valence-corrected chi connectivity index (χ4v) is 4.92. The molecule has 4 rings (SSSR count). The van der Waals surface area contributed by atoms with Crippen molar-refractivity contribution in [2.45, 2.75) is 29.7 Å². The second kappa shape index (κ2) is 6.87. The zero-order valence-electron chi connectivity index (χ0n) is 13.1. The summed E-state index contributed by atoms with van der Waals surface area (Å²) in [6.45, 7) is 1.14. The van der Waals surface area contributed by atoms with Gasteiger partial charge in [0.1, 0.15) is 5.76 Å². The molecule has 0 bridgehead atoms. The van der Waals surface area contributed by atoms with Crippen molar-refractivity contribution < 1.29 is 9.21 Å². The van der Waals surface area contributed by atoms with E-state index in [4.69, 9.17) is 4.42 Å². The average molecular weight is 355 g/mol. The summed E-state index contributed by atoms with van der Waals surface area (Å²) < 4.78 is 5.46. The largest absolute Gasteiger partial charge is 0.467 e. The third-order valence-corrected chi connectivity index (χ3v) is 6.25. The molecule has 1 aromatic carbocycles. The molecule has 5 heteroatoms. The van der Waals surface area contributed by atoms with Crippen LogP contribution in [0.1, 0.15) is 16.2 Å². The molecule has 24 heavy (non-hydrogen) atoms. The molecular formula is C19H17NO2S2. The highest BCUT2D eigenvalue weighted by molar-refractivity contribution is 8.01. The Labute approximate surface area is 149 Å². The van der Waals surface area contributed by atoms with Crippen LogP contribution in [-0.2, 0) is 24.3 Å². The van der Waals surface area contributed by atoms with Gasteiger partial charge >= 0.3 is 0 Å². The lowest BCUT2D eigenvalue weighted by atomic mass is 10.1. The Morgan fingerprint density at radius 1 is 1.12 bits per heavy atom. The average Bonchev–Trinajstić information content (AvgIpc) is 3.34. The van der Waals surface area contributed by atoms with E-state index in [0.717, 1.165) is 12.2 Å². The van der Waals surface area contributed by atoms with E-state index in [-0.39, 0.29) is 11.2 Å². The van der Waals surface area contributed by atoms with Gasteiger partial charge in [-0.1, -0.05) is 24.3 Å². The summed E-state index contributed by atoms with van der Waals surface area (Å²) in [5, 5.41) is 2.00. The van der Waals surface area contributed by atoms with Crippen LogP contribution in [0.25, 0.3) is 0 Å². The minimum atomic E-state index is -0.0441. The van der Waals surface area contributed by atoms with Crippen LogP contribution >= 0.6 is 23.1 Å². The molecule has 1 atom stereocenters. The summed E-state index contributed by atoms with van der Waals surface area (Å²) in [6.07, 6.45) is 2.46. The van der Waals surface area contributed by atoms with E-state index >= 15 is 0 Å². The number of nitrogens with zero attached hydrogens (tertiary/aromatic N) is 1. The smallest absolute Gasteiger partial charge is 0.237 e. The second-order valence-electron chi connectivity index (χ2n) is 5.77. The molecule has 0 aliphatic carbocycles. The van der Waals surface area contributed by atoms with E-state index in [1.165, 1.54) is 15.3 Å². The van der Waals surface area contributed by atoms with Gasteiger partial charge in [0.15, 0.2) is 0 Å². The van der Waals surface area contributed by atoms with Gasteiger partial charge in [0.25, 0.3) is 0 Å². The SMILES string of the molecule is O=C(C1Cc2ccccc2S1)N(Cc1ccco1)Cc1cccs1. The van der Waals surface area contributed by atoms with Crippen LogP contribution in [0, 0.1) is 0 Å². The summed E-state index contributed by atoms with van der Waals surface area (Å²) in [4.78, 5) is 17.5. The summed E-state index contributed by atoms with van der Waals surface area (Å²) in [5.74, 6) is 1.00. The van der Waals surface area contributed by atoms with E-state index in [2.05, 4.69) is 18.2 Å². The number of carbonyl (C=O) groups excluding carboxylic acids is 1. The van der Waals surface area contributed by atoms with Crippen molar-refractivity contribution in [2.24, 2.45) is 0 Å². The van der Waals surface area contributed by atoms with E-state index in [1.54, 1.807) is 29.4 Å². The van der Waals surface area contributed by atoms with Gasteiger partial charge in [0, 0.05) is 9.77 Å². The molecule has 0 spiro atoms. The molecule has 1 amide bonds. The maximum absolute atomic E-state index is 13.1. The summed E-state index contributed by atoms with van der Waals surface area (Å²) >= 11 is 3.36. The Morgan fingerprint density at radius 2 is 2.04 bits per heavy atom. The number of thioether (sulfide) groups is 1. The Kier molecular flexibility index (Phi) is 4.45. The van der Waals surface area contributed by atoms with Crippen LogP contribution in [0.2, 0.25) is 0 Å². The molecule has 0 saturated heterocycles. The minimum absolute atomic E-state index is 0.0441. The topological polar surface area (TPSA) is 33.5 Å². The van der Waals surface area contributed by atoms with Gasteiger partial charge in [0.2, 0.25) is 5.91 Å². The quantitative estimate of drug-likeness (QED) is 0.671. The Bertz CT molecular complexity index is 751. The molecule has 2 aromatic heterocycles. The number of thiophene rings is 1. The molecule has 3 nitrogen and oxygen atoms in total. The van der Waals surface area contributed by atoms with Crippen LogP contribution in [-0.4, -0.2) is 16.1 Å². The highest BCUT2D eigenvalue weighted by atomic mass is 32.2. The predicted octanol–water partition coefficient (Wildman–Crippen LogP) is 4.59. The zero-order chi connectivity index (χ0) is 16.4. The maximum Gasteiger partial charge on any atom is 0.237 e. The van der Waals surface area contributed by atoms with Gasteiger partial charge in [-0.3, -0.25) is 4.79 Å². The van der Waals surface area contributed by atoms with Crippen molar-refractivity contribution in [3.8, 4) is 0 Å². The molecular weight excluding hydrogens is 338 g/mol. The van der Waals surface area contributed by atoms with Gasteiger partial charge in [-0.25, -0.2) is 0 Å². The van der Waals surface area contributed by atoms with E-state index in [9.17, 15) is 4.79 Å². The normalized spacial score (nSPS) is 16.1. The second-order valence-corrected chi connectivity index (χ2v) is 8.05. The first-order valence-electron chi connectivity index (χ1n) is 7.88. The monoisotopic (exact) mass is 355 g/mol. The Hall–Kier alpha value is -1.98. The fraction of sp³-hybridized carbons (Fsp3) is 0.211. The van der Waals surface area contributed by atoms with Crippen LogP contribution in [0.4, 0.5) is 0 Å². The molecule has 122 valence electrons. The van der Waals surface area contributed by atoms with Crippen LogP contribution in [0.15, 0.2) is 69.5 Å². The number of amides is 1. The number of benzene rings is 1. The molecule has 0 saturated carbocycles. The molecule has 1 aliphatic rings. The highest BCUT2D eigenvalue weighted by Crippen LogP contribution is 2.38. The van der Waals surface area contributed by atoms with Gasteiger partial charge in [0.05, 0.1) is 24.6 Å². The van der Waals surface area contributed by atoms with Crippen LogP contribution < -0.4 is 0 Å².